The summed E-state index contributed by atoms with van der Waals surface area (Å²) in [6.45, 7) is 0. The van der Waals surface area contributed by atoms with Crippen molar-refractivity contribution in [2.45, 2.75) is 0 Å². The Morgan fingerprint density at radius 3 is 1.79 bits per heavy atom. The summed E-state index contributed by atoms with van der Waals surface area (Å²) < 4.78 is 0. The number of hydrogen-bond donors (Lipinski definition) is 2. The van der Waals surface area contributed by atoms with Crippen molar-refractivity contribution < 1.29 is 26.1 Å². The second kappa shape index (κ2) is 9.64. The summed E-state index contributed by atoms with van der Waals surface area (Å²) >= 11 is 0. The number of benzene rings is 2. The summed E-state index contributed by atoms with van der Waals surface area (Å²) in [7, 11) is 0. The fraction of sp³-hybridized carbons (Fsp3) is 0. The summed E-state index contributed by atoms with van der Waals surface area (Å²) in [5.41, 5.74) is 5.57. The van der Waals surface area contributed by atoms with E-state index < -0.39 is 0 Å². The van der Waals surface area contributed by atoms with E-state index in [4.69, 9.17) is 0 Å². The average Bonchev–Trinajstić information content (AvgIpc) is 2.83. The third kappa shape index (κ3) is 4.47. The number of aromatic nitrogens is 1. The Balaban J connectivity index is 0.00000259. The van der Waals surface area contributed by atoms with Gasteiger partial charge in [-0.1, -0.05) is 60.7 Å². The van der Waals surface area contributed by atoms with Gasteiger partial charge in [0.25, 0.3) is 0 Å². The van der Waals surface area contributed by atoms with Crippen molar-refractivity contribution >= 4 is 46.4 Å². The van der Waals surface area contributed by atoms with Crippen LogP contribution >= 0.6 is 0 Å². The van der Waals surface area contributed by atoms with Gasteiger partial charge in [-0.15, -0.1) is 0 Å². The van der Waals surface area contributed by atoms with Crippen LogP contribution < -0.4 is 10.6 Å². The van der Waals surface area contributed by atoms with E-state index in [0.717, 1.165) is 22.3 Å². The molecule has 0 atom stereocenters. The van der Waals surface area contributed by atoms with E-state index in [2.05, 4.69) is 15.6 Å². The Morgan fingerprint density at radius 2 is 1.18 bits per heavy atom. The summed E-state index contributed by atoms with van der Waals surface area (Å²) in [5, 5.41) is 6.36. The van der Waals surface area contributed by atoms with E-state index in [0.29, 0.717) is 22.7 Å². The molecule has 0 saturated heterocycles. The molecule has 33 heavy (non-hydrogen) atoms. The maximum atomic E-state index is 12.5. The van der Waals surface area contributed by atoms with Crippen molar-refractivity contribution in [1.29, 1.82) is 0 Å². The molecule has 0 bridgehead atoms. The number of carbonyl (C=O) groups excluding carboxylic acids is 2. The number of anilines is 2. The van der Waals surface area contributed by atoms with Gasteiger partial charge in [0.15, 0.2) is 17.4 Å². The van der Waals surface area contributed by atoms with Gasteiger partial charge < -0.3 is 10.6 Å². The second-order valence-corrected chi connectivity index (χ2v) is 7.37. The quantitative estimate of drug-likeness (QED) is 0.402. The monoisotopic (exact) mass is 475 g/mol. The summed E-state index contributed by atoms with van der Waals surface area (Å²) in [4.78, 5) is 29.3. The second-order valence-electron chi connectivity index (χ2n) is 7.37. The normalized spacial score (nSPS) is 16.2. The molecule has 2 N–H and O–H groups in total. The van der Waals surface area contributed by atoms with E-state index in [-0.39, 0.29) is 28.1 Å². The van der Waals surface area contributed by atoms with Gasteiger partial charge in [-0.3, -0.25) is 9.59 Å². The molecule has 164 valence electrons. The summed E-state index contributed by atoms with van der Waals surface area (Å²) in [6.07, 6.45) is 11.8. The zero-order valence-electron chi connectivity index (χ0n) is 17.4. The molecule has 2 aromatic carbocycles. The van der Waals surface area contributed by atoms with Crippen molar-refractivity contribution in [1.82, 2.24) is 4.98 Å². The molecule has 0 aliphatic heterocycles. The van der Waals surface area contributed by atoms with Gasteiger partial charge in [-0.05, 0) is 46.5 Å². The third-order valence-electron chi connectivity index (χ3n) is 5.39. The molecule has 2 aliphatic carbocycles. The van der Waals surface area contributed by atoms with E-state index in [1.54, 1.807) is 36.8 Å². The third-order valence-corrected chi connectivity index (χ3v) is 5.39. The number of nitrogens with zero attached hydrogens (tertiary/aromatic N) is 1. The fourth-order valence-electron chi connectivity index (χ4n) is 3.78. The van der Waals surface area contributed by atoms with E-state index >= 15 is 0 Å². The molecule has 5 nitrogen and oxygen atoms in total. The van der Waals surface area contributed by atoms with Gasteiger partial charge in [-0.2, -0.15) is 0 Å². The van der Waals surface area contributed by atoms with Crippen LogP contribution in [-0.4, -0.2) is 16.6 Å². The van der Waals surface area contributed by atoms with Crippen LogP contribution in [0.4, 0.5) is 11.5 Å². The van der Waals surface area contributed by atoms with Crippen molar-refractivity contribution in [2.24, 2.45) is 0 Å². The van der Waals surface area contributed by atoms with Gasteiger partial charge >= 0.3 is 0 Å². The van der Waals surface area contributed by atoms with Crippen LogP contribution in [0.1, 0.15) is 22.3 Å². The van der Waals surface area contributed by atoms with Crippen molar-refractivity contribution in [3.63, 3.8) is 0 Å². The molecule has 3 aromatic rings. The number of rotatable bonds is 4. The van der Waals surface area contributed by atoms with Gasteiger partial charge in [0.2, 0.25) is 0 Å². The molecule has 0 fully saturated rings. The number of hydrogen-bond acceptors (Lipinski definition) is 5. The first-order valence-corrected chi connectivity index (χ1v) is 10.2. The van der Waals surface area contributed by atoms with Gasteiger partial charge in [0.05, 0.1) is 5.69 Å². The number of pyridine rings is 1. The van der Waals surface area contributed by atoms with Crippen LogP contribution in [0.3, 0.4) is 0 Å². The minimum Gasteiger partial charge on any atom is -0.358 e. The van der Waals surface area contributed by atoms with Crippen LogP contribution in [0.25, 0.3) is 23.3 Å². The van der Waals surface area contributed by atoms with Crippen molar-refractivity contribution in [3.05, 3.63) is 114 Å². The number of allylic oxidation sites excluding steroid dienone is 4. The number of ketones is 2. The Bertz CT molecular complexity index is 1260. The average molecular weight is 476 g/mol. The topological polar surface area (TPSA) is 71.1 Å². The molecule has 0 unspecified atom stereocenters. The van der Waals surface area contributed by atoms with Crippen LogP contribution in [0.2, 0.25) is 0 Å². The van der Waals surface area contributed by atoms with Gasteiger partial charge in [0.1, 0.15) is 0 Å². The predicted octanol–water partition coefficient (Wildman–Crippen LogP) is 5.18. The number of carbonyl (C=O) groups is 2. The SMILES string of the molecule is O=C1C=Cc2ccccc2/C1=C/Nc1cccnc1N/C=C1\C(=O)C=Cc2ccccc21.[Ni]. The van der Waals surface area contributed by atoms with Crippen LogP contribution in [-0.2, 0) is 26.1 Å². The van der Waals surface area contributed by atoms with Gasteiger partial charge in [0, 0.05) is 46.2 Å². The zero-order chi connectivity index (χ0) is 21.9. The molecule has 0 saturated carbocycles. The first-order valence-electron chi connectivity index (χ1n) is 10.2. The van der Waals surface area contributed by atoms with Crippen LogP contribution in [0.5, 0.6) is 0 Å². The molecule has 0 amide bonds. The smallest absolute Gasteiger partial charge is 0.187 e. The maximum Gasteiger partial charge on any atom is 0.187 e. The van der Waals surface area contributed by atoms with Crippen molar-refractivity contribution in [3.8, 4) is 0 Å². The Hall–Kier alpha value is -4.02. The molecule has 5 rings (SSSR count). The van der Waals surface area contributed by atoms with Crippen molar-refractivity contribution in [2.75, 3.05) is 10.6 Å². The Morgan fingerprint density at radius 1 is 0.636 bits per heavy atom. The van der Waals surface area contributed by atoms with E-state index in [1.165, 1.54) is 0 Å². The minimum absolute atomic E-state index is 0. The van der Waals surface area contributed by atoms with E-state index in [9.17, 15) is 9.59 Å². The van der Waals surface area contributed by atoms with E-state index in [1.807, 2.05) is 66.7 Å². The van der Waals surface area contributed by atoms with Crippen LogP contribution in [0, 0.1) is 0 Å². The summed E-state index contributed by atoms with van der Waals surface area (Å²) in [5.74, 6) is 0.414. The predicted molar refractivity (Wildman–Crippen MR) is 128 cm³/mol. The fourth-order valence-corrected chi connectivity index (χ4v) is 3.78. The largest absolute Gasteiger partial charge is 0.358 e. The molecule has 1 heterocycles. The summed E-state index contributed by atoms with van der Waals surface area (Å²) in [6, 6.07) is 19.2. The maximum absolute atomic E-state index is 12.5. The molecule has 2 aliphatic rings. The molecular formula is C27H19N3NiO2. The molecule has 1 aromatic heterocycles. The first kappa shape index (κ1) is 22.2. The molecule has 0 radical (unpaired) electrons. The molecule has 6 heteroatoms. The number of nitrogens with one attached hydrogen (secondary N) is 2. The molecule has 0 spiro atoms. The Labute approximate surface area is 201 Å². The minimum atomic E-state index is -0.0695. The number of fused-ring (bicyclic) bond motifs is 2. The van der Waals surface area contributed by atoms with Gasteiger partial charge in [-0.25, -0.2) is 4.98 Å². The zero-order valence-corrected chi connectivity index (χ0v) is 18.4. The molecular weight excluding hydrogens is 457 g/mol. The standard InChI is InChI=1S/C27H19N3O2.Ni/c31-25-13-11-18-6-1-3-8-20(18)22(25)16-29-24-10-5-15-28-27(24)30-17-23-21-9-4-2-7-19(21)12-14-26(23)32;/h1-17,29H,(H,28,30);/b22-16-,23-17-;. The first-order chi connectivity index (χ1) is 15.7. The Kier molecular flexibility index (Phi) is 6.48. The van der Waals surface area contributed by atoms with Crippen LogP contribution in [0.15, 0.2) is 91.4 Å².